The maximum absolute atomic E-state index is 11.8. The van der Waals surface area contributed by atoms with Crippen LogP contribution in [0.2, 0.25) is 0 Å². The van der Waals surface area contributed by atoms with E-state index in [0.29, 0.717) is 12.1 Å². The van der Waals surface area contributed by atoms with Gasteiger partial charge >= 0.3 is 0 Å². The van der Waals surface area contributed by atoms with Crippen LogP contribution in [0.1, 0.15) is 17.5 Å². The van der Waals surface area contributed by atoms with Gasteiger partial charge in [0, 0.05) is 16.5 Å². The van der Waals surface area contributed by atoms with E-state index in [9.17, 15) is 4.79 Å². The van der Waals surface area contributed by atoms with Crippen molar-refractivity contribution in [3.05, 3.63) is 29.3 Å². The molecule has 1 aromatic rings. The average molecular weight is 349 g/mol. The molecule has 1 amide bonds. The maximum atomic E-state index is 11.8. The third-order valence-corrected chi connectivity index (χ3v) is 4.95. The second-order valence-corrected chi connectivity index (χ2v) is 5.76. The summed E-state index contributed by atoms with van der Waals surface area (Å²) in [6.45, 7) is 4.03. The number of halogens is 1. The van der Waals surface area contributed by atoms with Crippen molar-refractivity contribution in [1.29, 1.82) is 0 Å². The average Bonchev–Trinajstić information content (AvgIpc) is 2.23. The van der Waals surface area contributed by atoms with Crippen LogP contribution in [0.3, 0.4) is 0 Å². The Morgan fingerprint density at radius 2 is 2.00 bits per heavy atom. The lowest BCUT2D eigenvalue weighted by Crippen LogP contribution is -2.18. The van der Waals surface area contributed by atoms with Gasteiger partial charge in [0.05, 0.1) is 0 Å². The van der Waals surface area contributed by atoms with Crippen LogP contribution >= 0.6 is 31.8 Å². The van der Waals surface area contributed by atoms with Crippen LogP contribution in [0.5, 0.6) is 0 Å². The van der Waals surface area contributed by atoms with Gasteiger partial charge in [-0.3, -0.25) is 4.79 Å². The molecular weight excluding hydrogens is 332 g/mol. The fourth-order valence-corrected chi connectivity index (χ4v) is 2.02. The summed E-state index contributed by atoms with van der Waals surface area (Å²) in [5.74, 6) is 0.0917. The molecule has 0 aliphatic heterocycles. The zero-order chi connectivity index (χ0) is 12.1. The second-order valence-electron chi connectivity index (χ2n) is 3.93. The molecule has 16 heavy (non-hydrogen) atoms. The first kappa shape index (κ1) is 13.9. The van der Waals surface area contributed by atoms with Gasteiger partial charge in [0.1, 0.15) is 0 Å². The summed E-state index contributed by atoms with van der Waals surface area (Å²) in [6, 6.07) is 6.03. The lowest BCUT2D eigenvalue weighted by atomic mass is 10.1. The van der Waals surface area contributed by atoms with Crippen LogP contribution in [0.15, 0.2) is 18.2 Å². The highest BCUT2D eigenvalue weighted by molar-refractivity contribution is 14.1. The number of alkyl halides is 1. The number of aryl methyl sites for hydroxylation is 2. The lowest BCUT2D eigenvalue weighted by molar-refractivity contribution is -0.116. The summed E-state index contributed by atoms with van der Waals surface area (Å²) in [4.78, 5) is 11.8. The molecule has 0 heterocycles. The molecule has 0 radical (unpaired) electrons. The predicted octanol–water partition coefficient (Wildman–Crippen LogP) is 3.31. The Balaban J connectivity index is 2.70. The van der Waals surface area contributed by atoms with Gasteiger partial charge < -0.3 is 5.32 Å². The minimum atomic E-state index is 0.0917. The fourth-order valence-electron chi connectivity index (χ4n) is 1.49. The molecule has 0 aromatic heterocycles. The van der Waals surface area contributed by atoms with Crippen molar-refractivity contribution in [3.63, 3.8) is 0 Å². The van der Waals surface area contributed by atoms with Crippen LogP contribution in [0.25, 0.3) is 0 Å². The molecule has 0 aliphatic rings. The van der Waals surface area contributed by atoms with Crippen LogP contribution < -0.4 is 5.32 Å². The van der Waals surface area contributed by atoms with Gasteiger partial charge in [-0.2, -0.15) is 0 Å². The number of benzene rings is 1. The lowest BCUT2D eigenvalue weighted by Gasteiger charge is -2.13. The number of anilines is 1. The molecule has 1 rings (SSSR count). The molecule has 2 atom stereocenters. The number of carbonyl (C=O) groups is 1. The third kappa shape index (κ3) is 4.02. The molecule has 0 fully saturated rings. The van der Waals surface area contributed by atoms with Crippen molar-refractivity contribution in [1.82, 2.24) is 0 Å². The van der Waals surface area contributed by atoms with E-state index in [-0.39, 0.29) is 5.91 Å². The fraction of sp³-hybridized carbons (Fsp3) is 0.417. The van der Waals surface area contributed by atoms with E-state index in [1.54, 1.807) is 0 Å². The summed E-state index contributed by atoms with van der Waals surface area (Å²) in [6.07, 6.45) is 0.557. The van der Waals surface area contributed by atoms with Crippen molar-refractivity contribution in [2.45, 2.75) is 25.9 Å². The highest BCUT2D eigenvalue weighted by Crippen LogP contribution is 2.20. The van der Waals surface area contributed by atoms with E-state index in [1.165, 1.54) is 0 Å². The molecule has 0 bridgehead atoms. The first-order chi connectivity index (χ1) is 7.54. The number of rotatable bonds is 4. The molecule has 0 spiro atoms. The maximum Gasteiger partial charge on any atom is 0.225 e. The van der Waals surface area contributed by atoms with Crippen molar-refractivity contribution >= 4 is 43.4 Å². The Kier molecular flexibility index (Phi) is 5.70. The normalized spacial score (nSPS) is 12.2. The quantitative estimate of drug-likeness (QED) is 0.504. The second kappa shape index (κ2) is 6.55. The Morgan fingerprint density at radius 3 is 2.50 bits per heavy atom. The van der Waals surface area contributed by atoms with Crippen LogP contribution in [-0.2, 0) is 4.79 Å². The molecule has 1 aromatic carbocycles. The zero-order valence-electron chi connectivity index (χ0n) is 9.59. The van der Waals surface area contributed by atoms with Gasteiger partial charge in [-0.1, -0.05) is 40.8 Å². The molecule has 1 N–H and O–H groups in total. The third-order valence-electron chi connectivity index (χ3n) is 2.39. The van der Waals surface area contributed by atoms with Gasteiger partial charge in [0.15, 0.2) is 0 Å². The van der Waals surface area contributed by atoms with E-state index in [0.717, 1.165) is 21.2 Å². The van der Waals surface area contributed by atoms with Crippen LogP contribution in [0.4, 0.5) is 5.69 Å². The Morgan fingerprint density at radius 1 is 1.44 bits per heavy atom. The molecule has 2 unspecified atom stereocenters. The van der Waals surface area contributed by atoms with Crippen molar-refractivity contribution in [2.75, 3.05) is 9.74 Å². The van der Waals surface area contributed by atoms with Crippen LogP contribution in [-0.4, -0.2) is 16.0 Å². The predicted molar refractivity (Wildman–Crippen MR) is 81.5 cm³/mol. The smallest absolute Gasteiger partial charge is 0.225 e. The van der Waals surface area contributed by atoms with E-state index in [4.69, 9.17) is 0 Å². The van der Waals surface area contributed by atoms with Crippen LogP contribution in [0, 0.1) is 13.8 Å². The van der Waals surface area contributed by atoms with E-state index >= 15 is 0 Å². The van der Waals surface area contributed by atoms with Crippen molar-refractivity contribution < 1.29 is 4.79 Å². The minimum absolute atomic E-state index is 0.0917. The first-order valence-corrected chi connectivity index (χ1v) is 7.41. The molecular formula is C12H17INOP. The van der Waals surface area contributed by atoms with Gasteiger partial charge in [-0.05, 0) is 30.6 Å². The Bertz CT molecular complexity index is 361. The summed E-state index contributed by atoms with van der Waals surface area (Å²) < 4.78 is 0.975. The largest absolute Gasteiger partial charge is 0.326 e. The highest BCUT2D eigenvalue weighted by Gasteiger charge is 2.10. The molecule has 88 valence electrons. The monoisotopic (exact) mass is 349 g/mol. The summed E-state index contributed by atoms with van der Waals surface area (Å²) in [7, 11) is 2.70. The van der Waals surface area contributed by atoms with Gasteiger partial charge in [-0.15, -0.1) is 9.24 Å². The number of para-hydroxylation sites is 1. The highest BCUT2D eigenvalue weighted by atomic mass is 127. The van der Waals surface area contributed by atoms with Gasteiger partial charge in [-0.25, -0.2) is 0 Å². The van der Waals surface area contributed by atoms with E-state index in [1.807, 2.05) is 32.0 Å². The molecule has 2 nitrogen and oxygen atoms in total. The molecule has 4 heteroatoms. The summed E-state index contributed by atoms with van der Waals surface area (Å²) in [5.41, 5.74) is 3.54. The SMILES string of the molecule is Cc1cccc(C)c1NC(=O)CC(P)CI. The van der Waals surface area contributed by atoms with Gasteiger partial charge in [0.2, 0.25) is 5.91 Å². The minimum Gasteiger partial charge on any atom is -0.326 e. The van der Waals surface area contributed by atoms with Crippen molar-refractivity contribution in [2.24, 2.45) is 0 Å². The van der Waals surface area contributed by atoms with E-state index in [2.05, 4.69) is 37.1 Å². The topological polar surface area (TPSA) is 29.1 Å². The number of amides is 1. The molecule has 0 saturated heterocycles. The first-order valence-electron chi connectivity index (χ1n) is 5.22. The van der Waals surface area contributed by atoms with Crippen molar-refractivity contribution in [3.8, 4) is 0 Å². The molecule has 0 saturated carbocycles. The Labute approximate surface area is 113 Å². The summed E-state index contributed by atoms with van der Waals surface area (Å²) >= 11 is 2.29. The Hall–Kier alpha value is -0.150. The number of carbonyl (C=O) groups excluding carboxylic acids is 1. The summed E-state index contributed by atoms with van der Waals surface area (Å²) in [5, 5.41) is 2.99. The van der Waals surface area contributed by atoms with Gasteiger partial charge in [0.25, 0.3) is 0 Å². The number of hydrogen-bond acceptors (Lipinski definition) is 1. The standard InChI is InChI=1S/C12H17INOP/c1-8-4-3-5-9(2)12(8)14-11(15)6-10(16)7-13/h3-5,10H,6-7,16H2,1-2H3,(H,14,15). The van der Waals surface area contributed by atoms with E-state index < -0.39 is 0 Å². The molecule has 0 aliphatic carbocycles. The number of hydrogen-bond donors (Lipinski definition) is 1. The number of nitrogens with one attached hydrogen (secondary N) is 1. The zero-order valence-corrected chi connectivity index (χ0v) is 12.9.